The van der Waals surface area contributed by atoms with E-state index in [4.69, 9.17) is 0 Å². The largest absolute Gasteiger partial charge is 0.338 e. The molecule has 336 valence electrons. The zero-order valence-electron chi connectivity index (χ0n) is 38.7. The van der Waals surface area contributed by atoms with E-state index >= 15 is 0 Å². The quantitative estimate of drug-likeness (QED) is 0.0508. The third-order valence-corrected chi connectivity index (χ3v) is 11.5. The van der Waals surface area contributed by atoms with Crippen molar-refractivity contribution in [3.8, 4) is 0 Å². The number of nitrogens with one attached hydrogen (secondary N) is 4. The number of hydrogen-bond donors (Lipinski definition) is 4. The number of hydrogen-bond acceptors (Lipinski definition) is 4. The van der Waals surface area contributed by atoms with Crippen molar-refractivity contribution in [3.63, 3.8) is 0 Å². The molecule has 8 heteroatoms. The van der Waals surface area contributed by atoms with Crippen LogP contribution in [0.3, 0.4) is 0 Å². The number of benzene rings is 2. The van der Waals surface area contributed by atoms with Crippen LogP contribution in [0.4, 0.5) is 21.0 Å². The van der Waals surface area contributed by atoms with Gasteiger partial charge in [-0.2, -0.15) is 0 Å². The molecule has 0 saturated heterocycles. The van der Waals surface area contributed by atoms with Gasteiger partial charge in [0.1, 0.15) is 0 Å². The van der Waals surface area contributed by atoms with E-state index in [1.807, 2.05) is 36.4 Å². The van der Waals surface area contributed by atoms with Crippen LogP contribution in [0.2, 0.25) is 0 Å². The summed E-state index contributed by atoms with van der Waals surface area (Å²) >= 11 is 0. The van der Waals surface area contributed by atoms with Crippen molar-refractivity contribution in [2.45, 2.75) is 188 Å². The Kier molecular flexibility index (Phi) is 32.4. The molecule has 4 N–H and O–H groups in total. The average molecular weight is 819 g/mol. The minimum absolute atomic E-state index is 0.158. The third-order valence-electron chi connectivity index (χ3n) is 11.5. The summed E-state index contributed by atoms with van der Waals surface area (Å²) in [6.45, 7) is 17.2. The molecule has 0 heterocycles. The molecule has 0 aromatic heterocycles. The highest BCUT2D eigenvalue weighted by Crippen LogP contribution is 2.18. The lowest BCUT2D eigenvalue weighted by Gasteiger charge is -2.22. The lowest BCUT2D eigenvalue weighted by molar-refractivity contribution is 0.244. The molecular formula is C51H90N6O2. The molecule has 2 aromatic carbocycles. The van der Waals surface area contributed by atoms with Gasteiger partial charge in [0.25, 0.3) is 0 Å². The molecule has 0 aliphatic carbocycles. The van der Waals surface area contributed by atoms with Gasteiger partial charge in [-0.05, 0) is 120 Å². The molecule has 8 nitrogen and oxygen atoms in total. The summed E-state index contributed by atoms with van der Waals surface area (Å²) < 4.78 is 0. The van der Waals surface area contributed by atoms with Gasteiger partial charge in [-0.1, -0.05) is 168 Å². The molecule has 0 aliphatic heterocycles. The smallest absolute Gasteiger partial charge is 0.319 e. The number of anilines is 2. The van der Waals surface area contributed by atoms with Crippen LogP contribution >= 0.6 is 0 Å². The van der Waals surface area contributed by atoms with Gasteiger partial charge in [0.05, 0.1) is 0 Å². The molecule has 2 aromatic rings. The van der Waals surface area contributed by atoms with Crippen molar-refractivity contribution in [2.24, 2.45) is 0 Å². The van der Waals surface area contributed by atoms with E-state index in [1.54, 1.807) is 0 Å². The summed E-state index contributed by atoms with van der Waals surface area (Å²) in [6, 6.07) is 15.8. The number of unbranched alkanes of at least 4 members (excludes halogenated alkanes) is 18. The fraction of sp³-hybridized carbons (Fsp3) is 0.725. The first-order valence-electron chi connectivity index (χ1n) is 24.7. The van der Waals surface area contributed by atoms with Crippen molar-refractivity contribution in [1.82, 2.24) is 20.4 Å². The maximum Gasteiger partial charge on any atom is 0.319 e. The predicted octanol–water partition coefficient (Wildman–Crippen LogP) is 13.6. The molecule has 4 amide bonds. The molecule has 0 saturated carbocycles. The highest BCUT2D eigenvalue weighted by molar-refractivity contribution is 5.90. The Bertz CT molecular complexity index is 1210. The Hall–Kier alpha value is -3.10. The molecule has 0 aliphatic rings. The van der Waals surface area contributed by atoms with E-state index in [2.05, 4.69) is 70.9 Å². The Labute approximate surface area is 363 Å². The van der Waals surface area contributed by atoms with E-state index in [0.717, 1.165) is 48.4 Å². The number of carbonyl (C=O) groups is 2. The maximum atomic E-state index is 12.8. The molecular weight excluding hydrogens is 729 g/mol. The van der Waals surface area contributed by atoms with Crippen molar-refractivity contribution in [3.05, 3.63) is 59.7 Å². The summed E-state index contributed by atoms with van der Waals surface area (Å²) in [7, 11) is 0. The Balaban J connectivity index is 1.75. The van der Waals surface area contributed by atoms with E-state index in [0.29, 0.717) is 19.5 Å². The second-order valence-electron chi connectivity index (χ2n) is 17.1. The summed E-state index contributed by atoms with van der Waals surface area (Å²) in [5.74, 6) is 0. The standard InChI is InChI=1S/C51H90N6O2/c1-5-9-13-17-21-25-39-56(37-23-19-15-11-7-3)41-29-35-52-50(58)54-48-33-27-31-46(44-48)43-47-32-28-34-49(45-47)55-51(59)53-36-30-42-57(38-24-20-16-12-8-4)40-26-22-18-14-10-6-2/h27-28,31-34,44-45H,5-26,29-30,35-43H2,1-4H3,(H2,52,54,58)(H2,53,55,59). The molecule has 0 bridgehead atoms. The highest BCUT2D eigenvalue weighted by atomic mass is 16.2. The molecule has 0 spiro atoms. The van der Waals surface area contributed by atoms with Gasteiger partial charge in [-0.3, -0.25) is 0 Å². The van der Waals surface area contributed by atoms with Crippen molar-refractivity contribution in [1.29, 1.82) is 0 Å². The Morgan fingerprint density at radius 3 is 1.05 bits per heavy atom. The summed E-state index contributed by atoms with van der Waals surface area (Å²) in [4.78, 5) is 30.9. The molecule has 0 fully saturated rings. The zero-order chi connectivity index (χ0) is 42.4. The predicted molar refractivity (Wildman–Crippen MR) is 256 cm³/mol. The lowest BCUT2D eigenvalue weighted by atomic mass is 10.0. The second-order valence-corrected chi connectivity index (χ2v) is 17.1. The second kappa shape index (κ2) is 36.7. The first kappa shape index (κ1) is 52.0. The van der Waals surface area contributed by atoms with Crippen molar-refractivity contribution >= 4 is 23.4 Å². The molecule has 2 rings (SSSR count). The van der Waals surface area contributed by atoms with Gasteiger partial charge < -0.3 is 31.1 Å². The van der Waals surface area contributed by atoms with Crippen LogP contribution < -0.4 is 21.3 Å². The molecule has 0 radical (unpaired) electrons. The minimum atomic E-state index is -0.158. The summed E-state index contributed by atoms with van der Waals surface area (Å²) in [5.41, 5.74) is 3.77. The number of carbonyl (C=O) groups excluding carboxylic acids is 2. The van der Waals surface area contributed by atoms with Crippen LogP contribution in [-0.4, -0.2) is 74.2 Å². The van der Waals surface area contributed by atoms with E-state index in [-0.39, 0.29) is 12.1 Å². The Morgan fingerprint density at radius 2 is 0.712 bits per heavy atom. The molecule has 0 unspecified atom stereocenters. The SMILES string of the molecule is CCCCCCCCN(CCCCCCC)CCCNC(=O)Nc1cccc(Cc2cccc(NC(=O)NCCCN(CCCCCCC)CCCCCCCC)c2)c1. The number of amides is 4. The average Bonchev–Trinajstić information content (AvgIpc) is 3.23. The van der Waals surface area contributed by atoms with Gasteiger partial charge in [0, 0.05) is 24.5 Å². The minimum Gasteiger partial charge on any atom is -0.338 e. The Morgan fingerprint density at radius 1 is 0.407 bits per heavy atom. The van der Waals surface area contributed by atoms with E-state index in [9.17, 15) is 9.59 Å². The fourth-order valence-corrected chi connectivity index (χ4v) is 7.89. The van der Waals surface area contributed by atoms with Gasteiger partial charge >= 0.3 is 12.1 Å². The van der Waals surface area contributed by atoms with Gasteiger partial charge in [0.15, 0.2) is 0 Å². The van der Waals surface area contributed by atoms with Crippen molar-refractivity contribution < 1.29 is 9.59 Å². The normalized spacial score (nSPS) is 11.4. The van der Waals surface area contributed by atoms with Gasteiger partial charge in [-0.25, -0.2) is 9.59 Å². The maximum absolute atomic E-state index is 12.8. The third kappa shape index (κ3) is 28.9. The lowest BCUT2D eigenvalue weighted by Crippen LogP contribution is -2.33. The summed E-state index contributed by atoms with van der Waals surface area (Å²) in [5, 5.41) is 12.3. The van der Waals surface area contributed by atoms with Crippen LogP contribution in [0.25, 0.3) is 0 Å². The highest BCUT2D eigenvalue weighted by Gasteiger charge is 2.09. The fourth-order valence-electron chi connectivity index (χ4n) is 7.89. The number of nitrogens with zero attached hydrogens (tertiary/aromatic N) is 2. The summed E-state index contributed by atoms with van der Waals surface area (Å²) in [6.07, 6.45) is 31.6. The van der Waals surface area contributed by atoms with Crippen LogP contribution in [0.5, 0.6) is 0 Å². The van der Waals surface area contributed by atoms with E-state index < -0.39 is 0 Å². The first-order valence-corrected chi connectivity index (χ1v) is 24.7. The van der Waals surface area contributed by atoms with Crippen molar-refractivity contribution in [2.75, 3.05) is 63.0 Å². The molecule has 59 heavy (non-hydrogen) atoms. The van der Waals surface area contributed by atoms with Crippen LogP contribution in [0.15, 0.2) is 48.5 Å². The number of rotatable bonds is 38. The van der Waals surface area contributed by atoms with Crippen LogP contribution in [0.1, 0.15) is 193 Å². The van der Waals surface area contributed by atoms with E-state index in [1.165, 1.54) is 167 Å². The zero-order valence-corrected chi connectivity index (χ0v) is 38.7. The van der Waals surface area contributed by atoms with Gasteiger partial charge in [0.2, 0.25) is 0 Å². The monoisotopic (exact) mass is 819 g/mol. The number of urea groups is 2. The topological polar surface area (TPSA) is 88.7 Å². The molecule has 0 atom stereocenters. The van der Waals surface area contributed by atoms with Gasteiger partial charge in [-0.15, -0.1) is 0 Å². The first-order chi connectivity index (χ1) is 29.0. The van der Waals surface area contributed by atoms with Crippen LogP contribution in [-0.2, 0) is 6.42 Å². The van der Waals surface area contributed by atoms with Crippen LogP contribution in [0, 0.1) is 0 Å².